The van der Waals surface area contributed by atoms with E-state index in [9.17, 15) is 0 Å². The van der Waals surface area contributed by atoms with Crippen molar-refractivity contribution < 1.29 is 5.11 Å². The van der Waals surface area contributed by atoms with E-state index in [1.807, 2.05) is 0 Å². The minimum absolute atomic E-state index is 0.302. The van der Waals surface area contributed by atoms with Gasteiger partial charge in [-0.3, -0.25) is 0 Å². The summed E-state index contributed by atoms with van der Waals surface area (Å²) in [5.74, 6) is 0.774. The second-order valence-corrected chi connectivity index (χ2v) is 4.88. The highest BCUT2D eigenvalue weighted by Gasteiger charge is 2.35. The molecule has 0 saturated heterocycles. The van der Waals surface area contributed by atoms with Gasteiger partial charge in [0.2, 0.25) is 0 Å². The lowest BCUT2D eigenvalue weighted by atomic mass is 9.74. The summed E-state index contributed by atoms with van der Waals surface area (Å²) in [5.41, 5.74) is 0.302. The molecule has 0 aromatic carbocycles. The Kier molecular flexibility index (Phi) is 4.90. The minimum Gasteiger partial charge on any atom is -0.396 e. The second-order valence-electron chi connectivity index (χ2n) is 4.88. The predicted octanol–water partition coefficient (Wildman–Crippen LogP) is 2.32. The topological polar surface area (TPSA) is 32.3 Å². The van der Waals surface area contributed by atoms with Crippen LogP contribution in [0.1, 0.15) is 52.4 Å². The Morgan fingerprint density at radius 2 is 2.14 bits per heavy atom. The molecule has 84 valence electrons. The molecule has 0 aromatic heterocycles. The van der Waals surface area contributed by atoms with Crippen LogP contribution in [0, 0.1) is 5.92 Å². The first-order chi connectivity index (χ1) is 6.72. The molecular weight excluding hydrogens is 174 g/mol. The Labute approximate surface area is 88.1 Å². The lowest BCUT2D eigenvalue weighted by molar-refractivity contribution is 0.126. The summed E-state index contributed by atoms with van der Waals surface area (Å²) >= 11 is 0. The van der Waals surface area contributed by atoms with Gasteiger partial charge in [0.15, 0.2) is 0 Å². The quantitative estimate of drug-likeness (QED) is 0.659. The lowest BCUT2D eigenvalue weighted by Gasteiger charge is -2.43. The molecule has 2 N–H and O–H groups in total. The SMILES string of the molecule is CCCC(C)CNC1(CCO)CCC1. The van der Waals surface area contributed by atoms with Gasteiger partial charge in [0, 0.05) is 12.1 Å². The van der Waals surface area contributed by atoms with E-state index in [-0.39, 0.29) is 0 Å². The van der Waals surface area contributed by atoms with Crippen molar-refractivity contribution in [2.75, 3.05) is 13.2 Å². The number of aliphatic hydroxyl groups excluding tert-OH is 1. The largest absolute Gasteiger partial charge is 0.396 e. The van der Waals surface area contributed by atoms with Gasteiger partial charge in [-0.05, 0) is 44.6 Å². The summed E-state index contributed by atoms with van der Waals surface area (Å²) in [6.07, 6.45) is 7.36. The van der Waals surface area contributed by atoms with E-state index in [0.29, 0.717) is 12.1 Å². The van der Waals surface area contributed by atoms with Crippen molar-refractivity contribution in [3.63, 3.8) is 0 Å². The first-order valence-corrected chi connectivity index (χ1v) is 6.08. The Bertz CT molecular complexity index is 154. The molecule has 0 spiro atoms. The fraction of sp³-hybridized carbons (Fsp3) is 1.00. The first kappa shape index (κ1) is 12.0. The molecule has 0 bridgehead atoms. The number of aliphatic hydroxyl groups is 1. The van der Waals surface area contributed by atoms with Gasteiger partial charge in [0.05, 0.1) is 0 Å². The van der Waals surface area contributed by atoms with Crippen molar-refractivity contribution in [3.8, 4) is 0 Å². The van der Waals surface area contributed by atoms with Gasteiger partial charge in [-0.15, -0.1) is 0 Å². The molecule has 0 heterocycles. The highest BCUT2D eigenvalue weighted by Crippen LogP contribution is 2.34. The van der Waals surface area contributed by atoms with Crippen molar-refractivity contribution in [2.24, 2.45) is 5.92 Å². The third-order valence-electron chi connectivity index (χ3n) is 3.51. The van der Waals surface area contributed by atoms with Crippen LogP contribution in [-0.2, 0) is 0 Å². The Morgan fingerprint density at radius 3 is 2.57 bits per heavy atom. The Balaban J connectivity index is 2.20. The zero-order valence-electron chi connectivity index (χ0n) is 9.68. The predicted molar refractivity (Wildman–Crippen MR) is 60.4 cm³/mol. The fourth-order valence-corrected chi connectivity index (χ4v) is 2.32. The van der Waals surface area contributed by atoms with Crippen molar-refractivity contribution in [3.05, 3.63) is 0 Å². The van der Waals surface area contributed by atoms with E-state index in [0.717, 1.165) is 18.9 Å². The molecular formula is C12H25NO. The standard InChI is InChI=1S/C12H25NO/c1-3-5-11(2)10-13-12(8-9-14)6-4-7-12/h11,13-14H,3-10H2,1-2H3. The van der Waals surface area contributed by atoms with Gasteiger partial charge in [0.1, 0.15) is 0 Å². The molecule has 1 aliphatic carbocycles. The van der Waals surface area contributed by atoms with Crippen molar-refractivity contribution in [1.29, 1.82) is 0 Å². The monoisotopic (exact) mass is 199 g/mol. The summed E-state index contributed by atoms with van der Waals surface area (Å²) in [6, 6.07) is 0. The molecule has 1 saturated carbocycles. The van der Waals surface area contributed by atoms with Gasteiger partial charge in [-0.2, -0.15) is 0 Å². The van der Waals surface area contributed by atoms with E-state index in [2.05, 4.69) is 19.2 Å². The summed E-state index contributed by atoms with van der Waals surface area (Å²) < 4.78 is 0. The summed E-state index contributed by atoms with van der Waals surface area (Å²) in [6.45, 7) is 5.99. The van der Waals surface area contributed by atoms with Gasteiger partial charge < -0.3 is 10.4 Å². The van der Waals surface area contributed by atoms with Crippen LogP contribution in [0.5, 0.6) is 0 Å². The average molecular weight is 199 g/mol. The van der Waals surface area contributed by atoms with Crippen molar-refractivity contribution >= 4 is 0 Å². The Hall–Kier alpha value is -0.0800. The maximum atomic E-state index is 9.00. The van der Waals surface area contributed by atoms with Gasteiger partial charge in [-0.25, -0.2) is 0 Å². The summed E-state index contributed by atoms with van der Waals surface area (Å²) in [5, 5.41) is 12.7. The molecule has 1 fully saturated rings. The number of hydrogen-bond donors (Lipinski definition) is 2. The van der Waals surface area contributed by atoms with E-state index in [1.54, 1.807) is 0 Å². The lowest BCUT2D eigenvalue weighted by Crippen LogP contribution is -2.52. The number of rotatable bonds is 7. The van der Waals surface area contributed by atoms with Gasteiger partial charge in [0.25, 0.3) is 0 Å². The van der Waals surface area contributed by atoms with Crippen LogP contribution in [-0.4, -0.2) is 23.8 Å². The molecule has 1 rings (SSSR count). The van der Waals surface area contributed by atoms with Crippen molar-refractivity contribution in [1.82, 2.24) is 5.32 Å². The number of nitrogens with one attached hydrogen (secondary N) is 1. The van der Waals surface area contributed by atoms with E-state index < -0.39 is 0 Å². The first-order valence-electron chi connectivity index (χ1n) is 6.08. The molecule has 1 unspecified atom stereocenters. The van der Waals surface area contributed by atoms with Crippen LogP contribution in [0.3, 0.4) is 0 Å². The summed E-state index contributed by atoms with van der Waals surface area (Å²) in [7, 11) is 0. The van der Waals surface area contributed by atoms with E-state index in [4.69, 9.17) is 5.11 Å². The molecule has 2 nitrogen and oxygen atoms in total. The third kappa shape index (κ3) is 3.25. The number of hydrogen-bond acceptors (Lipinski definition) is 2. The van der Waals surface area contributed by atoms with Crippen LogP contribution < -0.4 is 5.32 Å². The average Bonchev–Trinajstić information content (AvgIpc) is 2.10. The molecule has 0 aliphatic heterocycles. The molecule has 0 amide bonds. The van der Waals surface area contributed by atoms with Gasteiger partial charge in [-0.1, -0.05) is 20.3 Å². The second kappa shape index (κ2) is 5.72. The van der Waals surface area contributed by atoms with Crippen LogP contribution in [0.2, 0.25) is 0 Å². The zero-order chi connectivity index (χ0) is 10.4. The van der Waals surface area contributed by atoms with Gasteiger partial charge >= 0.3 is 0 Å². The maximum absolute atomic E-state index is 9.00. The highest BCUT2D eigenvalue weighted by atomic mass is 16.3. The highest BCUT2D eigenvalue weighted by molar-refractivity contribution is 4.95. The normalized spacial score (nSPS) is 21.6. The molecule has 14 heavy (non-hydrogen) atoms. The van der Waals surface area contributed by atoms with E-state index in [1.165, 1.54) is 32.1 Å². The molecule has 2 heteroatoms. The Morgan fingerprint density at radius 1 is 1.43 bits per heavy atom. The van der Waals surface area contributed by atoms with Crippen LogP contribution in [0.25, 0.3) is 0 Å². The zero-order valence-corrected chi connectivity index (χ0v) is 9.68. The van der Waals surface area contributed by atoms with Crippen LogP contribution >= 0.6 is 0 Å². The van der Waals surface area contributed by atoms with Crippen LogP contribution in [0.4, 0.5) is 0 Å². The third-order valence-corrected chi connectivity index (χ3v) is 3.51. The molecule has 0 aromatic rings. The smallest absolute Gasteiger partial charge is 0.0448 e. The molecule has 0 radical (unpaired) electrons. The van der Waals surface area contributed by atoms with Crippen LogP contribution in [0.15, 0.2) is 0 Å². The molecule has 1 aliphatic rings. The fourth-order valence-electron chi connectivity index (χ4n) is 2.32. The minimum atomic E-state index is 0.302. The molecule has 1 atom stereocenters. The van der Waals surface area contributed by atoms with E-state index >= 15 is 0 Å². The summed E-state index contributed by atoms with van der Waals surface area (Å²) in [4.78, 5) is 0. The maximum Gasteiger partial charge on any atom is 0.0448 e. The van der Waals surface area contributed by atoms with Crippen molar-refractivity contribution in [2.45, 2.75) is 57.9 Å².